The summed E-state index contributed by atoms with van der Waals surface area (Å²) >= 11 is 1.36. The number of esters is 1. The van der Waals surface area contributed by atoms with E-state index in [9.17, 15) is 4.79 Å². The molecular formula is C11H11NO3S. The van der Waals surface area contributed by atoms with E-state index in [1.165, 1.54) is 18.4 Å². The number of methoxy groups -OCH3 is 1. The Morgan fingerprint density at radius 1 is 1.56 bits per heavy atom. The lowest BCUT2D eigenvalue weighted by atomic mass is 10.3. The number of thiophene rings is 1. The Bertz CT molecular complexity index is 461. The predicted molar refractivity (Wildman–Crippen MR) is 61.7 cm³/mol. The first-order valence-corrected chi connectivity index (χ1v) is 5.60. The normalized spacial score (nSPS) is 10.1. The highest BCUT2D eigenvalue weighted by atomic mass is 32.1. The van der Waals surface area contributed by atoms with Gasteiger partial charge in [0.05, 0.1) is 25.3 Å². The van der Waals surface area contributed by atoms with Crippen LogP contribution >= 0.6 is 11.3 Å². The van der Waals surface area contributed by atoms with Gasteiger partial charge in [-0.15, -0.1) is 11.3 Å². The summed E-state index contributed by atoms with van der Waals surface area (Å²) in [5, 5.41) is 5.01. The Morgan fingerprint density at radius 2 is 2.44 bits per heavy atom. The van der Waals surface area contributed by atoms with E-state index in [2.05, 4.69) is 10.1 Å². The molecule has 0 saturated carbocycles. The number of anilines is 1. The van der Waals surface area contributed by atoms with E-state index in [0.717, 1.165) is 11.3 Å². The summed E-state index contributed by atoms with van der Waals surface area (Å²) in [4.78, 5) is 12.0. The molecule has 0 saturated heterocycles. The molecule has 0 spiro atoms. The van der Waals surface area contributed by atoms with Crippen LogP contribution in [0, 0.1) is 0 Å². The van der Waals surface area contributed by atoms with Gasteiger partial charge < -0.3 is 14.5 Å². The summed E-state index contributed by atoms with van der Waals surface area (Å²) in [6, 6.07) is 3.73. The van der Waals surface area contributed by atoms with Gasteiger partial charge in [-0.25, -0.2) is 4.79 Å². The second kappa shape index (κ2) is 4.85. The highest BCUT2D eigenvalue weighted by molar-refractivity contribution is 7.12. The van der Waals surface area contributed by atoms with Crippen molar-refractivity contribution in [1.82, 2.24) is 0 Å². The molecule has 16 heavy (non-hydrogen) atoms. The van der Waals surface area contributed by atoms with Crippen molar-refractivity contribution in [3.8, 4) is 0 Å². The average Bonchev–Trinajstić information content (AvgIpc) is 2.96. The van der Waals surface area contributed by atoms with E-state index in [1.54, 1.807) is 12.5 Å². The number of ether oxygens (including phenoxy) is 1. The Kier molecular flexibility index (Phi) is 3.26. The van der Waals surface area contributed by atoms with Crippen molar-refractivity contribution >= 4 is 23.0 Å². The van der Waals surface area contributed by atoms with Crippen molar-refractivity contribution < 1.29 is 13.9 Å². The SMILES string of the molecule is COC(=O)c1sccc1NCc1ccoc1. The molecule has 0 aromatic carbocycles. The van der Waals surface area contributed by atoms with Crippen LogP contribution < -0.4 is 5.32 Å². The molecule has 0 aliphatic carbocycles. The fourth-order valence-electron chi connectivity index (χ4n) is 1.29. The minimum absolute atomic E-state index is 0.315. The molecule has 4 nitrogen and oxygen atoms in total. The molecule has 2 rings (SSSR count). The van der Waals surface area contributed by atoms with Crippen LogP contribution in [0.5, 0.6) is 0 Å². The van der Waals surface area contributed by atoms with E-state index in [0.29, 0.717) is 11.4 Å². The van der Waals surface area contributed by atoms with Gasteiger partial charge >= 0.3 is 5.97 Å². The largest absolute Gasteiger partial charge is 0.472 e. The van der Waals surface area contributed by atoms with Crippen LogP contribution in [0.25, 0.3) is 0 Å². The van der Waals surface area contributed by atoms with Gasteiger partial charge in [-0.1, -0.05) is 0 Å². The maximum Gasteiger partial charge on any atom is 0.350 e. The van der Waals surface area contributed by atoms with Crippen LogP contribution in [0.2, 0.25) is 0 Å². The predicted octanol–water partition coefficient (Wildman–Crippen LogP) is 2.74. The summed E-state index contributed by atoms with van der Waals surface area (Å²) in [6.45, 7) is 0.622. The van der Waals surface area contributed by atoms with Crippen molar-refractivity contribution in [3.63, 3.8) is 0 Å². The molecule has 0 amide bonds. The third-order valence-corrected chi connectivity index (χ3v) is 2.99. The molecule has 84 valence electrons. The van der Waals surface area contributed by atoms with Crippen LogP contribution in [0.1, 0.15) is 15.2 Å². The van der Waals surface area contributed by atoms with Crippen LogP contribution in [-0.4, -0.2) is 13.1 Å². The smallest absolute Gasteiger partial charge is 0.350 e. The summed E-state index contributed by atoms with van der Waals surface area (Å²) in [5.41, 5.74) is 1.82. The molecule has 5 heteroatoms. The van der Waals surface area contributed by atoms with Gasteiger partial charge in [0.15, 0.2) is 0 Å². The van der Waals surface area contributed by atoms with E-state index >= 15 is 0 Å². The summed E-state index contributed by atoms with van der Waals surface area (Å²) in [6.07, 6.45) is 3.28. The summed E-state index contributed by atoms with van der Waals surface area (Å²) in [5.74, 6) is -0.315. The van der Waals surface area contributed by atoms with Crippen LogP contribution in [0.4, 0.5) is 5.69 Å². The van der Waals surface area contributed by atoms with E-state index in [4.69, 9.17) is 4.42 Å². The highest BCUT2D eigenvalue weighted by Crippen LogP contribution is 2.23. The molecule has 0 atom stereocenters. The van der Waals surface area contributed by atoms with Gasteiger partial charge in [0.25, 0.3) is 0 Å². The Morgan fingerprint density at radius 3 is 3.12 bits per heavy atom. The lowest BCUT2D eigenvalue weighted by Crippen LogP contribution is -2.04. The van der Waals surface area contributed by atoms with Crippen LogP contribution in [-0.2, 0) is 11.3 Å². The molecule has 0 bridgehead atoms. The van der Waals surface area contributed by atoms with Crippen molar-refractivity contribution in [1.29, 1.82) is 0 Å². The van der Waals surface area contributed by atoms with Gasteiger partial charge in [-0.05, 0) is 17.5 Å². The second-order valence-corrected chi connectivity index (χ2v) is 4.06. The van der Waals surface area contributed by atoms with Crippen molar-refractivity contribution in [2.24, 2.45) is 0 Å². The minimum atomic E-state index is -0.315. The molecule has 2 aromatic heterocycles. The van der Waals surface area contributed by atoms with Crippen molar-refractivity contribution in [2.75, 3.05) is 12.4 Å². The highest BCUT2D eigenvalue weighted by Gasteiger charge is 2.12. The maximum absolute atomic E-state index is 11.4. The van der Waals surface area contributed by atoms with Gasteiger partial charge in [-0.2, -0.15) is 0 Å². The van der Waals surface area contributed by atoms with Gasteiger partial charge in [0, 0.05) is 12.1 Å². The Labute approximate surface area is 96.8 Å². The molecule has 0 unspecified atom stereocenters. The first kappa shape index (κ1) is 10.8. The molecule has 2 aromatic rings. The number of furan rings is 1. The van der Waals surface area contributed by atoms with E-state index in [-0.39, 0.29) is 5.97 Å². The zero-order valence-corrected chi connectivity index (χ0v) is 9.54. The molecule has 2 heterocycles. The number of rotatable bonds is 4. The monoisotopic (exact) mass is 237 g/mol. The number of hydrogen-bond acceptors (Lipinski definition) is 5. The van der Waals surface area contributed by atoms with E-state index < -0.39 is 0 Å². The molecule has 0 radical (unpaired) electrons. The Hall–Kier alpha value is -1.75. The first-order chi connectivity index (χ1) is 7.81. The third kappa shape index (κ3) is 2.25. The number of carbonyl (C=O) groups is 1. The van der Waals surface area contributed by atoms with Gasteiger partial charge in [-0.3, -0.25) is 0 Å². The maximum atomic E-state index is 11.4. The lowest BCUT2D eigenvalue weighted by Gasteiger charge is -2.04. The second-order valence-electron chi connectivity index (χ2n) is 3.14. The number of carbonyl (C=O) groups excluding carboxylic acids is 1. The fourth-order valence-corrected chi connectivity index (χ4v) is 2.08. The van der Waals surface area contributed by atoms with Gasteiger partial charge in [0.1, 0.15) is 4.88 Å². The fraction of sp³-hybridized carbons (Fsp3) is 0.182. The van der Waals surface area contributed by atoms with Crippen molar-refractivity contribution in [3.05, 3.63) is 40.5 Å². The third-order valence-electron chi connectivity index (χ3n) is 2.10. The Balaban J connectivity index is 2.04. The summed E-state index contributed by atoms with van der Waals surface area (Å²) in [7, 11) is 1.38. The molecule has 0 fully saturated rings. The summed E-state index contributed by atoms with van der Waals surface area (Å²) < 4.78 is 9.64. The molecule has 1 N–H and O–H groups in total. The van der Waals surface area contributed by atoms with E-state index in [1.807, 2.05) is 17.5 Å². The minimum Gasteiger partial charge on any atom is -0.472 e. The standard InChI is InChI=1S/C11H11NO3S/c1-14-11(13)10-9(3-5-16-10)12-6-8-2-4-15-7-8/h2-5,7,12H,6H2,1H3. The van der Waals surface area contributed by atoms with Crippen LogP contribution in [0.15, 0.2) is 34.5 Å². The molecule has 0 aliphatic rings. The zero-order valence-electron chi connectivity index (χ0n) is 8.73. The number of nitrogens with one attached hydrogen (secondary N) is 1. The lowest BCUT2D eigenvalue weighted by molar-refractivity contribution is 0.0607. The molecular weight excluding hydrogens is 226 g/mol. The first-order valence-electron chi connectivity index (χ1n) is 4.72. The van der Waals surface area contributed by atoms with Crippen molar-refractivity contribution in [2.45, 2.75) is 6.54 Å². The van der Waals surface area contributed by atoms with Gasteiger partial charge in [0.2, 0.25) is 0 Å². The molecule has 0 aliphatic heterocycles. The quantitative estimate of drug-likeness (QED) is 0.831. The zero-order chi connectivity index (χ0) is 11.4. The topological polar surface area (TPSA) is 51.5 Å². The van der Waals surface area contributed by atoms with Crippen LogP contribution in [0.3, 0.4) is 0 Å². The average molecular weight is 237 g/mol. The number of hydrogen-bond donors (Lipinski definition) is 1.